The molecule has 0 aromatic heterocycles. The third kappa shape index (κ3) is 3.00. The van der Waals surface area contributed by atoms with E-state index < -0.39 is 17.5 Å². The molecule has 0 saturated carbocycles. The lowest BCUT2D eigenvalue weighted by Gasteiger charge is -2.06. The fourth-order valence-electron chi connectivity index (χ4n) is 1.15. The number of primary amides is 1. The molecule has 3 N–H and O–H groups in total. The van der Waals surface area contributed by atoms with Crippen LogP contribution in [0.15, 0.2) is 12.1 Å². The van der Waals surface area contributed by atoms with E-state index in [2.05, 4.69) is 5.32 Å². The first-order valence-electron chi connectivity index (χ1n) is 4.41. The Kier molecular flexibility index (Phi) is 3.91. The number of nitrogens with one attached hydrogen (secondary N) is 1. The van der Waals surface area contributed by atoms with Crippen molar-refractivity contribution >= 4 is 5.91 Å². The molecule has 0 atom stereocenters. The Morgan fingerprint density at radius 1 is 1.44 bits per heavy atom. The Hall–Kier alpha value is -2.00. The quantitative estimate of drug-likeness (QED) is 0.779. The van der Waals surface area contributed by atoms with Gasteiger partial charge < -0.3 is 11.1 Å². The molecular formula is C10H9F2N3O. The summed E-state index contributed by atoms with van der Waals surface area (Å²) in [6, 6.07) is 3.51. The molecule has 0 aliphatic carbocycles. The number of hydrogen-bond acceptors (Lipinski definition) is 3. The molecule has 0 unspecified atom stereocenters. The van der Waals surface area contributed by atoms with E-state index in [4.69, 9.17) is 11.0 Å². The summed E-state index contributed by atoms with van der Waals surface area (Å²) in [6.45, 7) is -0.328. The van der Waals surface area contributed by atoms with Crippen molar-refractivity contribution in [3.8, 4) is 6.07 Å². The maximum Gasteiger partial charge on any atom is 0.231 e. The maximum atomic E-state index is 13.3. The standard InChI is InChI=1S/C10H9F2N3O/c11-8-1-6(3-13)2-9(12)7(8)4-15-5-10(14)16/h1-2,15H,4-5H2,(H2,14,16). The van der Waals surface area contributed by atoms with Crippen molar-refractivity contribution in [2.24, 2.45) is 5.73 Å². The van der Waals surface area contributed by atoms with Gasteiger partial charge in [0, 0.05) is 12.1 Å². The molecule has 0 bridgehead atoms. The van der Waals surface area contributed by atoms with Gasteiger partial charge in [0.25, 0.3) is 0 Å². The monoisotopic (exact) mass is 225 g/mol. The smallest absolute Gasteiger partial charge is 0.231 e. The average Bonchev–Trinajstić information content (AvgIpc) is 2.21. The number of amides is 1. The van der Waals surface area contributed by atoms with Crippen molar-refractivity contribution in [3.63, 3.8) is 0 Å². The second kappa shape index (κ2) is 5.19. The highest BCUT2D eigenvalue weighted by Crippen LogP contribution is 2.14. The molecule has 0 radical (unpaired) electrons. The van der Waals surface area contributed by atoms with Gasteiger partial charge in [-0.2, -0.15) is 5.26 Å². The van der Waals surface area contributed by atoms with Gasteiger partial charge in [0.05, 0.1) is 18.2 Å². The molecular weight excluding hydrogens is 216 g/mol. The van der Waals surface area contributed by atoms with Gasteiger partial charge in [-0.3, -0.25) is 4.79 Å². The molecule has 6 heteroatoms. The number of carbonyl (C=O) groups is 1. The van der Waals surface area contributed by atoms with E-state index in [-0.39, 0.29) is 24.2 Å². The van der Waals surface area contributed by atoms with Gasteiger partial charge >= 0.3 is 0 Å². The number of hydrogen-bond donors (Lipinski definition) is 2. The lowest BCUT2D eigenvalue weighted by Crippen LogP contribution is -2.28. The number of rotatable bonds is 4. The molecule has 1 rings (SSSR count). The minimum absolute atomic E-state index is 0.0892. The van der Waals surface area contributed by atoms with Crippen LogP contribution >= 0.6 is 0 Å². The predicted octanol–water partition coefficient (Wildman–Crippen LogP) is 0.411. The number of carbonyl (C=O) groups excluding carboxylic acids is 1. The van der Waals surface area contributed by atoms with E-state index >= 15 is 0 Å². The zero-order valence-corrected chi connectivity index (χ0v) is 8.26. The molecule has 0 spiro atoms. The van der Waals surface area contributed by atoms with E-state index in [1.807, 2.05) is 0 Å². The van der Waals surface area contributed by atoms with Gasteiger partial charge in [-0.15, -0.1) is 0 Å². The summed E-state index contributed by atoms with van der Waals surface area (Å²) in [5.41, 5.74) is 4.54. The normalized spacial score (nSPS) is 9.81. The van der Waals surface area contributed by atoms with Gasteiger partial charge in [0.1, 0.15) is 11.6 Å². The van der Waals surface area contributed by atoms with Gasteiger partial charge in [-0.1, -0.05) is 0 Å². The number of nitriles is 1. The largest absolute Gasteiger partial charge is 0.369 e. The summed E-state index contributed by atoms with van der Waals surface area (Å²) in [5, 5.41) is 10.9. The number of benzene rings is 1. The third-order valence-corrected chi connectivity index (χ3v) is 1.87. The second-order valence-corrected chi connectivity index (χ2v) is 3.10. The molecule has 0 aliphatic rings. The maximum absolute atomic E-state index is 13.3. The Labute approximate surface area is 90.7 Å². The van der Waals surface area contributed by atoms with Crippen molar-refractivity contribution in [3.05, 3.63) is 34.9 Å². The topological polar surface area (TPSA) is 78.9 Å². The van der Waals surface area contributed by atoms with Crippen molar-refractivity contribution in [2.45, 2.75) is 6.54 Å². The first-order valence-corrected chi connectivity index (χ1v) is 4.41. The van der Waals surface area contributed by atoms with Gasteiger partial charge in [-0.25, -0.2) is 8.78 Å². The van der Waals surface area contributed by atoms with Crippen molar-refractivity contribution < 1.29 is 13.6 Å². The minimum atomic E-state index is -0.825. The van der Waals surface area contributed by atoms with Crippen LogP contribution in [-0.2, 0) is 11.3 Å². The second-order valence-electron chi connectivity index (χ2n) is 3.10. The van der Waals surface area contributed by atoms with Crippen LogP contribution in [0.3, 0.4) is 0 Å². The molecule has 0 saturated heterocycles. The highest BCUT2D eigenvalue weighted by molar-refractivity contribution is 5.75. The fraction of sp³-hybridized carbons (Fsp3) is 0.200. The molecule has 0 aliphatic heterocycles. The zero-order valence-electron chi connectivity index (χ0n) is 8.26. The van der Waals surface area contributed by atoms with E-state index in [1.165, 1.54) is 0 Å². The van der Waals surface area contributed by atoms with Crippen LogP contribution in [0.5, 0.6) is 0 Å². The Morgan fingerprint density at radius 3 is 2.44 bits per heavy atom. The summed E-state index contributed by atoms with van der Waals surface area (Å²) >= 11 is 0. The van der Waals surface area contributed by atoms with Crippen LogP contribution in [0.25, 0.3) is 0 Å². The lowest BCUT2D eigenvalue weighted by molar-refractivity contribution is -0.117. The SMILES string of the molecule is N#Cc1cc(F)c(CNCC(N)=O)c(F)c1. The van der Waals surface area contributed by atoms with Gasteiger partial charge in [0.2, 0.25) is 5.91 Å². The van der Waals surface area contributed by atoms with Crippen molar-refractivity contribution in [2.75, 3.05) is 6.54 Å². The minimum Gasteiger partial charge on any atom is -0.369 e. The Balaban J connectivity index is 2.81. The Morgan fingerprint density at radius 2 is 2.00 bits per heavy atom. The molecule has 1 amide bonds. The van der Waals surface area contributed by atoms with Crippen molar-refractivity contribution in [1.82, 2.24) is 5.32 Å². The summed E-state index contributed by atoms with van der Waals surface area (Å²) in [7, 11) is 0. The van der Waals surface area contributed by atoms with Gasteiger partial charge in [-0.05, 0) is 12.1 Å². The summed E-state index contributed by atoms with van der Waals surface area (Å²) in [4.78, 5) is 10.4. The molecule has 16 heavy (non-hydrogen) atoms. The van der Waals surface area contributed by atoms with Crippen LogP contribution in [-0.4, -0.2) is 12.5 Å². The zero-order chi connectivity index (χ0) is 12.1. The van der Waals surface area contributed by atoms with E-state index in [0.29, 0.717) is 0 Å². The average molecular weight is 225 g/mol. The number of halogens is 2. The molecule has 1 aromatic carbocycles. The molecule has 1 aromatic rings. The summed E-state index contributed by atoms with van der Waals surface area (Å²) in [5.74, 6) is -2.27. The molecule has 0 fully saturated rings. The Bertz CT molecular complexity index is 431. The molecule has 84 valence electrons. The van der Waals surface area contributed by atoms with E-state index in [0.717, 1.165) is 12.1 Å². The van der Waals surface area contributed by atoms with Crippen LogP contribution in [0, 0.1) is 23.0 Å². The van der Waals surface area contributed by atoms with E-state index in [1.54, 1.807) is 6.07 Å². The van der Waals surface area contributed by atoms with Crippen LogP contribution in [0.1, 0.15) is 11.1 Å². The number of nitrogens with two attached hydrogens (primary N) is 1. The van der Waals surface area contributed by atoms with Crippen LogP contribution < -0.4 is 11.1 Å². The third-order valence-electron chi connectivity index (χ3n) is 1.87. The highest BCUT2D eigenvalue weighted by atomic mass is 19.1. The fourth-order valence-corrected chi connectivity index (χ4v) is 1.15. The first-order chi connectivity index (χ1) is 7.54. The number of nitrogens with zero attached hydrogens (tertiary/aromatic N) is 1. The summed E-state index contributed by atoms with van der Waals surface area (Å²) < 4.78 is 26.6. The van der Waals surface area contributed by atoms with Crippen molar-refractivity contribution in [1.29, 1.82) is 5.26 Å². The van der Waals surface area contributed by atoms with Crippen LogP contribution in [0.2, 0.25) is 0 Å². The predicted molar refractivity (Wildman–Crippen MR) is 52.0 cm³/mol. The van der Waals surface area contributed by atoms with E-state index in [9.17, 15) is 13.6 Å². The van der Waals surface area contributed by atoms with Gasteiger partial charge in [0.15, 0.2) is 0 Å². The van der Waals surface area contributed by atoms with Crippen LogP contribution in [0.4, 0.5) is 8.78 Å². The summed E-state index contributed by atoms with van der Waals surface area (Å²) in [6.07, 6.45) is 0. The molecule has 4 nitrogen and oxygen atoms in total. The molecule has 0 heterocycles. The lowest BCUT2D eigenvalue weighted by atomic mass is 10.1. The highest BCUT2D eigenvalue weighted by Gasteiger charge is 2.10. The first kappa shape index (κ1) is 12.1.